The lowest BCUT2D eigenvalue weighted by Gasteiger charge is -2.38. The summed E-state index contributed by atoms with van der Waals surface area (Å²) in [7, 11) is -5.14. The minimum Gasteiger partial charge on any atom is -0.436 e. The lowest BCUT2D eigenvalue weighted by atomic mass is 10.4. The van der Waals surface area contributed by atoms with Gasteiger partial charge in [-0.3, -0.25) is 0 Å². The van der Waals surface area contributed by atoms with Crippen LogP contribution in [0.15, 0.2) is 12.2 Å². The molecule has 0 aliphatic carbocycles. The molecule has 0 rings (SSSR count). The zero-order chi connectivity index (χ0) is 13.2. The molecule has 0 aromatic rings. The molecule has 0 aliphatic rings. The van der Waals surface area contributed by atoms with Crippen molar-refractivity contribution in [1.82, 2.24) is 0 Å². The third-order valence-electron chi connectivity index (χ3n) is 1.67. The van der Waals surface area contributed by atoms with Gasteiger partial charge in [-0.05, 0) is 52.8 Å². The second-order valence-electron chi connectivity index (χ2n) is 6.70. The van der Waals surface area contributed by atoms with Crippen molar-refractivity contribution in [2.75, 3.05) is 0 Å². The molecule has 0 saturated heterocycles. The van der Waals surface area contributed by atoms with Crippen molar-refractivity contribution >= 4 is 25.2 Å². The summed E-state index contributed by atoms with van der Waals surface area (Å²) in [6.45, 7) is 21.6. The molecular formula is C11H28O2Si3. The maximum atomic E-state index is 6.34. The third kappa shape index (κ3) is 8.46. The summed E-state index contributed by atoms with van der Waals surface area (Å²) < 4.78 is 12.7. The highest BCUT2D eigenvalue weighted by molar-refractivity contribution is 6.87. The SMILES string of the molecule is C=C(C)C[Si](C)(O[Si](C)(C)C)O[Si](C)(C)C. The van der Waals surface area contributed by atoms with Crippen molar-refractivity contribution in [2.45, 2.75) is 58.8 Å². The lowest BCUT2D eigenvalue weighted by molar-refractivity contribution is 0.388. The first kappa shape index (κ1) is 16.3. The molecule has 96 valence electrons. The Labute approximate surface area is 105 Å². The van der Waals surface area contributed by atoms with Crippen molar-refractivity contribution in [1.29, 1.82) is 0 Å². The number of hydrogen-bond donors (Lipinski definition) is 0. The molecular weight excluding hydrogens is 248 g/mol. The van der Waals surface area contributed by atoms with Crippen molar-refractivity contribution < 1.29 is 8.23 Å². The van der Waals surface area contributed by atoms with Crippen LogP contribution in [0.25, 0.3) is 0 Å². The Hall–Kier alpha value is 0.311. The van der Waals surface area contributed by atoms with Crippen molar-refractivity contribution in [3.05, 3.63) is 12.2 Å². The molecule has 16 heavy (non-hydrogen) atoms. The van der Waals surface area contributed by atoms with E-state index in [1.165, 1.54) is 5.57 Å². The van der Waals surface area contributed by atoms with Crippen LogP contribution in [0.3, 0.4) is 0 Å². The predicted molar refractivity (Wildman–Crippen MR) is 80.1 cm³/mol. The Morgan fingerprint density at radius 3 is 1.38 bits per heavy atom. The van der Waals surface area contributed by atoms with Crippen LogP contribution in [-0.2, 0) is 8.23 Å². The smallest absolute Gasteiger partial charge is 0.318 e. The summed E-state index contributed by atoms with van der Waals surface area (Å²) in [6.07, 6.45) is 0. The van der Waals surface area contributed by atoms with E-state index >= 15 is 0 Å². The van der Waals surface area contributed by atoms with E-state index in [9.17, 15) is 0 Å². The maximum absolute atomic E-state index is 6.34. The van der Waals surface area contributed by atoms with Gasteiger partial charge in [0.15, 0.2) is 16.6 Å². The average molecular weight is 277 g/mol. The van der Waals surface area contributed by atoms with Crippen LogP contribution >= 0.6 is 0 Å². The monoisotopic (exact) mass is 276 g/mol. The summed E-state index contributed by atoms with van der Waals surface area (Å²) in [6, 6.07) is 0.918. The zero-order valence-electron chi connectivity index (χ0n) is 12.2. The van der Waals surface area contributed by atoms with E-state index in [0.29, 0.717) is 0 Å². The molecule has 0 bridgehead atoms. The quantitative estimate of drug-likeness (QED) is 0.531. The summed E-state index contributed by atoms with van der Waals surface area (Å²) in [5, 5.41) is 0. The summed E-state index contributed by atoms with van der Waals surface area (Å²) in [5.74, 6) is 0. The van der Waals surface area contributed by atoms with Crippen LogP contribution in [-0.4, -0.2) is 25.2 Å². The van der Waals surface area contributed by atoms with Crippen LogP contribution in [0.2, 0.25) is 51.9 Å². The molecule has 0 spiro atoms. The Balaban J connectivity index is 4.82. The maximum Gasteiger partial charge on any atom is 0.318 e. The van der Waals surface area contributed by atoms with Gasteiger partial charge < -0.3 is 8.23 Å². The number of allylic oxidation sites excluding steroid dienone is 1. The molecule has 2 nitrogen and oxygen atoms in total. The van der Waals surface area contributed by atoms with Gasteiger partial charge >= 0.3 is 8.56 Å². The van der Waals surface area contributed by atoms with Gasteiger partial charge in [-0.25, -0.2) is 0 Å². The molecule has 0 amide bonds. The van der Waals surface area contributed by atoms with Gasteiger partial charge in [-0.2, -0.15) is 0 Å². The molecule has 0 fully saturated rings. The van der Waals surface area contributed by atoms with Gasteiger partial charge in [0.05, 0.1) is 0 Å². The highest BCUT2D eigenvalue weighted by Gasteiger charge is 2.39. The van der Waals surface area contributed by atoms with E-state index in [-0.39, 0.29) is 0 Å². The van der Waals surface area contributed by atoms with Gasteiger partial charge in [-0.15, -0.1) is 6.58 Å². The highest BCUT2D eigenvalue weighted by Crippen LogP contribution is 2.26. The molecule has 0 atom stereocenters. The van der Waals surface area contributed by atoms with Gasteiger partial charge in [0.2, 0.25) is 0 Å². The van der Waals surface area contributed by atoms with Crippen LogP contribution < -0.4 is 0 Å². The number of hydrogen-bond acceptors (Lipinski definition) is 2. The molecule has 5 heteroatoms. The second kappa shape index (κ2) is 5.31. The molecule has 0 aromatic heterocycles. The minimum atomic E-state index is -2.06. The van der Waals surface area contributed by atoms with Crippen LogP contribution in [0.5, 0.6) is 0 Å². The Morgan fingerprint density at radius 1 is 0.875 bits per heavy atom. The van der Waals surface area contributed by atoms with Gasteiger partial charge in [0.25, 0.3) is 0 Å². The minimum absolute atomic E-state index is 0.918. The normalized spacial score (nSPS) is 14.0. The Morgan fingerprint density at radius 2 is 1.19 bits per heavy atom. The molecule has 0 aliphatic heterocycles. The van der Waals surface area contributed by atoms with Crippen LogP contribution in [0, 0.1) is 0 Å². The fourth-order valence-corrected chi connectivity index (χ4v) is 14.5. The van der Waals surface area contributed by atoms with Gasteiger partial charge in [-0.1, -0.05) is 5.57 Å². The predicted octanol–water partition coefficient (Wildman–Crippen LogP) is 4.34. The highest BCUT2D eigenvalue weighted by atomic mass is 28.5. The van der Waals surface area contributed by atoms with Crippen molar-refractivity contribution in [3.63, 3.8) is 0 Å². The van der Waals surface area contributed by atoms with E-state index in [1.54, 1.807) is 0 Å². The fourth-order valence-electron chi connectivity index (χ4n) is 1.94. The van der Waals surface area contributed by atoms with E-state index in [4.69, 9.17) is 8.23 Å². The van der Waals surface area contributed by atoms with Crippen molar-refractivity contribution in [3.8, 4) is 0 Å². The third-order valence-corrected chi connectivity index (χ3v) is 11.3. The molecule has 0 radical (unpaired) electrons. The fraction of sp³-hybridized carbons (Fsp3) is 0.818. The van der Waals surface area contributed by atoms with E-state index in [1.807, 2.05) is 0 Å². The second-order valence-corrected chi connectivity index (χ2v) is 19.4. The zero-order valence-corrected chi connectivity index (χ0v) is 15.2. The average Bonchev–Trinajstić information content (AvgIpc) is 1.69. The first-order valence-electron chi connectivity index (χ1n) is 5.88. The van der Waals surface area contributed by atoms with E-state index in [2.05, 4.69) is 59.3 Å². The van der Waals surface area contributed by atoms with Crippen LogP contribution in [0.4, 0.5) is 0 Å². The molecule has 0 unspecified atom stereocenters. The molecule has 0 saturated carbocycles. The first-order valence-corrected chi connectivity index (χ1v) is 15.2. The van der Waals surface area contributed by atoms with Crippen molar-refractivity contribution in [2.24, 2.45) is 0 Å². The lowest BCUT2D eigenvalue weighted by Crippen LogP contribution is -2.52. The van der Waals surface area contributed by atoms with Gasteiger partial charge in [0.1, 0.15) is 0 Å². The first-order chi connectivity index (χ1) is 6.83. The van der Waals surface area contributed by atoms with Crippen LogP contribution in [0.1, 0.15) is 6.92 Å². The summed E-state index contributed by atoms with van der Waals surface area (Å²) in [5.41, 5.74) is 1.17. The summed E-state index contributed by atoms with van der Waals surface area (Å²) in [4.78, 5) is 0. The number of rotatable bonds is 6. The Kier molecular flexibility index (Phi) is 5.41. The standard InChI is InChI=1S/C11H28O2Si3/c1-11(2)10-16(9,12-14(3,4)5)13-15(6,7)8/h1,10H2,2-9H3. The van der Waals surface area contributed by atoms with Gasteiger partial charge in [0, 0.05) is 6.04 Å². The largest absolute Gasteiger partial charge is 0.436 e. The Bertz CT molecular complexity index is 235. The topological polar surface area (TPSA) is 18.5 Å². The summed E-state index contributed by atoms with van der Waals surface area (Å²) >= 11 is 0. The molecule has 0 aromatic carbocycles. The molecule has 0 N–H and O–H groups in total. The molecule has 0 heterocycles. The van der Waals surface area contributed by atoms with E-state index < -0.39 is 25.2 Å². The van der Waals surface area contributed by atoms with E-state index in [0.717, 1.165) is 6.04 Å².